The summed E-state index contributed by atoms with van der Waals surface area (Å²) in [6.45, 7) is 4.87. The molecule has 0 heterocycles. The van der Waals surface area contributed by atoms with E-state index in [1.165, 1.54) is 0 Å². The number of esters is 1. The van der Waals surface area contributed by atoms with Gasteiger partial charge in [-0.15, -0.1) is 0 Å². The Kier molecular flexibility index (Phi) is 5.83. The average Bonchev–Trinajstić information content (AvgIpc) is 2.52. The largest absolute Gasteiger partial charge is 0.494 e. The molecule has 4 heteroatoms. The molecule has 0 N–H and O–H groups in total. The Labute approximate surface area is 130 Å². The second-order valence-corrected chi connectivity index (χ2v) is 4.57. The molecule has 0 saturated carbocycles. The number of rotatable bonds is 7. The van der Waals surface area contributed by atoms with Gasteiger partial charge in [-0.05, 0) is 32.0 Å². The van der Waals surface area contributed by atoms with Crippen molar-refractivity contribution >= 4 is 5.97 Å². The molecule has 0 saturated heterocycles. The molecule has 4 nitrogen and oxygen atoms in total. The normalized spacial score (nSPS) is 10.1. The lowest BCUT2D eigenvalue weighted by atomic mass is 10.1. The topological polar surface area (TPSA) is 44.8 Å². The lowest BCUT2D eigenvalue weighted by Crippen LogP contribution is -2.13. The molecule has 0 bridgehead atoms. The number of hydrogen-bond donors (Lipinski definition) is 0. The highest BCUT2D eigenvalue weighted by molar-refractivity contribution is 5.76. The van der Waals surface area contributed by atoms with Gasteiger partial charge in [0.2, 0.25) is 0 Å². The van der Waals surface area contributed by atoms with Crippen LogP contribution in [0, 0.1) is 0 Å². The van der Waals surface area contributed by atoms with Crippen LogP contribution in [0.5, 0.6) is 17.2 Å². The SMILES string of the molecule is CCOc1ccccc1CC(=O)Oc1ccccc1OCC. The zero-order chi connectivity index (χ0) is 15.8. The van der Waals surface area contributed by atoms with E-state index < -0.39 is 0 Å². The molecule has 0 unspecified atom stereocenters. The third kappa shape index (κ3) is 4.25. The fourth-order valence-electron chi connectivity index (χ4n) is 2.07. The summed E-state index contributed by atoms with van der Waals surface area (Å²) < 4.78 is 16.4. The standard InChI is InChI=1S/C18H20O4/c1-3-20-15-10-6-5-9-14(15)13-18(19)22-17-12-8-7-11-16(17)21-4-2/h5-12H,3-4,13H2,1-2H3. The first kappa shape index (κ1) is 15.9. The summed E-state index contributed by atoms with van der Waals surface area (Å²) in [7, 11) is 0. The van der Waals surface area contributed by atoms with Gasteiger partial charge in [-0.1, -0.05) is 30.3 Å². The first-order chi connectivity index (χ1) is 10.7. The van der Waals surface area contributed by atoms with Gasteiger partial charge in [0, 0.05) is 5.56 Å². The number of para-hydroxylation sites is 3. The minimum atomic E-state index is -0.348. The fourth-order valence-corrected chi connectivity index (χ4v) is 2.07. The summed E-state index contributed by atoms with van der Waals surface area (Å²) >= 11 is 0. The predicted octanol–water partition coefficient (Wildman–Crippen LogP) is 3.63. The Morgan fingerprint density at radius 2 is 1.36 bits per heavy atom. The van der Waals surface area contributed by atoms with E-state index >= 15 is 0 Å². The van der Waals surface area contributed by atoms with Crippen molar-refractivity contribution in [3.8, 4) is 17.2 Å². The third-order valence-electron chi connectivity index (χ3n) is 2.98. The van der Waals surface area contributed by atoms with Crippen molar-refractivity contribution in [3.05, 3.63) is 54.1 Å². The van der Waals surface area contributed by atoms with Gasteiger partial charge in [-0.25, -0.2) is 0 Å². The molecule has 0 aliphatic rings. The molecule has 22 heavy (non-hydrogen) atoms. The third-order valence-corrected chi connectivity index (χ3v) is 2.98. The average molecular weight is 300 g/mol. The van der Waals surface area contributed by atoms with Gasteiger partial charge in [0.05, 0.1) is 19.6 Å². The predicted molar refractivity (Wildman–Crippen MR) is 84.6 cm³/mol. The maximum Gasteiger partial charge on any atom is 0.315 e. The Morgan fingerprint density at radius 3 is 2.05 bits per heavy atom. The summed E-state index contributed by atoms with van der Waals surface area (Å²) in [6.07, 6.45) is 0.149. The van der Waals surface area contributed by atoms with Crippen LogP contribution < -0.4 is 14.2 Å². The molecule has 0 aliphatic carbocycles. The lowest BCUT2D eigenvalue weighted by molar-refractivity contribution is -0.133. The minimum Gasteiger partial charge on any atom is -0.494 e. The molecule has 116 valence electrons. The number of carbonyl (C=O) groups excluding carboxylic acids is 1. The smallest absolute Gasteiger partial charge is 0.315 e. The Balaban J connectivity index is 2.08. The quantitative estimate of drug-likeness (QED) is 0.578. The van der Waals surface area contributed by atoms with Crippen LogP contribution in [0.3, 0.4) is 0 Å². The van der Waals surface area contributed by atoms with Crippen LogP contribution in [0.25, 0.3) is 0 Å². The van der Waals surface area contributed by atoms with Crippen molar-refractivity contribution in [1.29, 1.82) is 0 Å². The van der Waals surface area contributed by atoms with Crippen LogP contribution in [-0.4, -0.2) is 19.2 Å². The van der Waals surface area contributed by atoms with E-state index in [-0.39, 0.29) is 12.4 Å². The second kappa shape index (κ2) is 8.08. The highest BCUT2D eigenvalue weighted by atomic mass is 16.6. The molecular formula is C18H20O4. The van der Waals surface area contributed by atoms with Crippen molar-refractivity contribution < 1.29 is 19.0 Å². The van der Waals surface area contributed by atoms with E-state index in [4.69, 9.17) is 14.2 Å². The van der Waals surface area contributed by atoms with Crippen LogP contribution in [0.1, 0.15) is 19.4 Å². The van der Waals surface area contributed by atoms with E-state index in [2.05, 4.69) is 0 Å². The van der Waals surface area contributed by atoms with Crippen molar-refractivity contribution in [3.63, 3.8) is 0 Å². The Morgan fingerprint density at radius 1 is 0.818 bits per heavy atom. The summed E-state index contributed by atoms with van der Waals surface area (Å²) in [4.78, 5) is 12.2. The molecule has 0 fully saturated rings. The van der Waals surface area contributed by atoms with Crippen LogP contribution in [0.4, 0.5) is 0 Å². The van der Waals surface area contributed by atoms with E-state index in [9.17, 15) is 4.79 Å². The maximum absolute atomic E-state index is 12.2. The van der Waals surface area contributed by atoms with Crippen LogP contribution in [0.2, 0.25) is 0 Å². The first-order valence-electron chi connectivity index (χ1n) is 7.37. The molecule has 2 aromatic rings. The zero-order valence-electron chi connectivity index (χ0n) is 12.9. The molecule has 0 amide bonds. The molecule has 0 spiro atoms. The number of benzene rings is 2. The summed E-state index contributed by atoms with van der Waals surface area (Å²) in [5.41, 5.74) is 0.809. The minimum absolute atomic E-state index is 0.149. The van der Waals surface area contributed by atoms with E-state index in [1.54, 1.807) is 18.2 Å². The van der Waals surface area contributed by atoms with Crippen molar-refractivity contribution in [2.24, 2.45) is 0 Å². The fraction of sp³-hybridized carbons (Fsp3) is 0.278. The van der Waals surface area contributed by atoms with Crippen molar-refractivity contribution in [1.82, 2.24) is 0 Å². The molecule has 0 aliphatic heterocycles. The number of hydrogen-bond acceptors (Lipinski definition) is 4. The summed E-state index contributed by atoms with van der Waals surface area (Å²) in [5.74, 6) is 1.36. The molecule has 2 aromatic carbocycles. The van der Waals surface area contributed by atoms with Gasteiger partial charge in [0.25, 0.3) is 0 Å². The highest BCUT2D eigenvalue weighted by Gasteiger charge is 2.13. The summed E-state index contributed by atoms with van der Waals surface area (Å²) in [6, 6.07) is 14.6. The molecule has 0 atom stereocenters. The molecule has 2 rings (SSSR count). The van der Waals surface area contributed by atoms with Gasteiger partial charge in [0.1, 0.15) is 5.75 Å². The zero-order valence-corrected chi connectivity index (χ0v) is 12.9. The van der Waals surface area contributed by atoms with Crippen molar-refractivity contribution in [2.45, 2.75) is 20.3 Å². The van der Waals surface area contributed by atoms with Gasteiger partial charge in [-0.3, -0.25) is 4.79 Å². The Hall–Kier alpha value is -2.49. The molecular weight excluding hydrogens is 280 g/mol. The Bertz CT molecular complexity index is 568. The van der Waals surface area contributed by atoms with E-state index in [0.29, 0.717) is 30.5 Å². The van der Waals surface area contributed by atoms with Gasteiger partial charge < -0.3 is 14.2 Å². The number of ether oxygens (including phenoxy) is 3. The van der Waals surface area contributed by atoms with E-state index in [1.807, 2.05) is 44.2 Å². The summed E-state index contributed by atoms with van der Waals surface area (Å²) in [5, 5.41) is 0. The van der Waals surface area contributed by atoms with E-state index in [0.717, 1.165) is 5.56 Å². The molecule has 0 aromatic heterocycles. The number of carbonyl (C=O) groups is 1. The van der Waals surface area contributed by atoms with Crippen LogP contribution >= 0.6 is 0 Å². The second-order valence-electron chi connectivity index (χ2n) is 4.57. The monoisotopic (exact) mass is 300 g/mol. The van der Waals surface area contributed by atoms with Crippen LogP contribution in [-0.2, 0) is 11.2 Å². The maximum atomic E-state index is 12.2. The molecule has 0 radical (unpaired) electrons. The van der Waals surface area contributed by atoms with Crippen LogP contribution in [0.15, 0.2) is 48.5 Å². The van der Waals surface area contributed by atoms with Gasteiger partial charge in [0.15, 0.2) is 11.5 Å². The first-order valence-corrected chi connectivity index (χ1v) is 7.37. The van der Waals surface area contributed by atoms with Gasteiger partial charge >= 0.3 is 5.97 Å². The van der Waals surface area contributed by atoms with Crippen molar-refractivity contribution in [2.75, 3.05) is 13.2 Å². The lowest BCUT2D eigenvalue weighted by Gasteiger charge is -2.12. The van der Waals surface area contributed by atoms with Gasteiger partial charge in [-0.2, -0.15) is 0 Å². The highest BCUT2D eigenvalue weighted by Crippen LogP contribution is 2.27.